The van der Waals surface area contributed by atoms with Gasteiger partial charge in [0.05, 0.1) is 13.2 Å². The molecular formula is C17H18O2. The summed E-state index contributed by atoms with van der Waals surface area (Å²) >= 11 is 0. The lowest BCUT2D eigenvalue weighted by Crippen LogP contribution is -2.43. The van der Waals surface area contributed by atoms with E-state index in [1.54, 1.807) is 0 Å². The zero-order valence-electron chi connectivity index (χ0n) is 11.1. The third kappa shape index (κ3) is 2.64. The number of hydrogen-bond donors (Lipinski definition) is 0. The molecule has 1 saturated heterocycles. The molecule has 98 valence electrons. The molecule has 1 heterocycles. The molecule has 0 unspecified atom stereocenters. The Balaban J connectivity index is 1.70. The fraction of sp³-hybridized carbons (Fsp3) is 0.294. The topological polar surface area (TPSA) is 18.5 Å². The SMILES string of the molecule is CC1(c2cccc(OCc3ccccc3)c2)COC1. The minimum atomic E-state index is 0.159. The van der Waals surface area contributed by atoms with Gasteiger partial charge in [-0.25, -0.2) is 0 Å². The highest BCUT2D eigenvalue weighted by Gasteiger charge is 2.35. The fourth-order valence-electron chi connectivity index (χ4n) is 2.28. The van der Waals surface area contributed by atoms with Gasteiger partial charge in [0.25, 0.3) is 0 Å². The van der Waals surface area contributed by atoms with Crippen LogP contribution < -0.4 is 4.74 Å². The van der Waals surface area contributed by atoms with Gasteiger partial charge in [-0.1, -0.05) is 49.4 Å². The summed E-state index contributed by atoms with van der Waals surface area (Å²) < 4.78 is 11.2. The predicted molar refractivity (Wildman–Crippen MR) is 75.4 cm³/mol. The summed E-state index contributed by atoms with van der Waals surface area (Å²) in [5, 5.41) is 0. The van der Waals surface area contributed by atoms with Crippen LogP contribution in [0.1, 0.15) is 18.1 Å². The predicted octanol–water partition coefficient (Wildman–Crippen LogP) is 3.55. The second-order valence-electron chi connectivity index (χ2n) is 5.36. The first-order valence-corrected chi connectivity index (χ1v) is 6.61. The van der Waals surface area contributed by atoms with E-state index < -0.39 is 0 Å². The van der Waals surface area contributed by atoms with Gasteiger partial charge >= 0.3 is 0 Å². The Morgan fingerprint density at radius 3 is 2.53 bits per heavy atom. The lowest BCUT2D eigenvalue weighted by Gasteiger charge is -2.38. The monoisotopic (exact) mass is 254 g/mol. The Hall–Kier alpha value is -1.80. The lowest BCUT2D eigenvalue weighted by molar-refractivity contribution is -0.0500. The minimum absolute atomic E-state index is 0.159. The van der Waals surface area contributed by atoms with Crippen LogP contribution in [0.3, 0.4) is 0 Å². The maximum Gasteiger partial charge on any atom is 0.120 e. The van der Waals surface area contributed by atoms with E-state index in [1.165, 1.54) is 11.1 Å². The van der Waals surface area contributed by atoms with Crippen LogP contribution in [-0.4, -0.2) is 13.2 Å². The van der Waals surface area contributed by atoms with Crippen molar-refractivity contribution in [1.29, 1.82) is 0 Å². The van der Waals surface area contributed by atoms with E-state index in [0.29, 0.717) is 6.61 Å². The van der Waals surface area contributed by atoms with Gasteiger partial charge in [0.2, 0.25) is 0 Å². The van der Waals surface area contributed by atoms with Crippen LogP contribution >= 0.6 is 0 Å². The largest absolute Gasteiger partial charge is 0.489 e. The average molecular weight is 254 g/mol. The van der Waals surface area contributed by atoms with Crippen LogP contribution in [0.2, 0.25) is 0 Å². The van der Waals surface area contributed by atoms with Gasteiger partial charge in [-0.05, 0) is 23.3 Å². The molecule has 1 aliphatic rings. The van der Waals surface area contributed by atoms with Crippen molar-refractivity contribution < 1.29 is 9.47 Å². The molecule has 0 spiro atoms. The van der Waals surface area contributed by atoms with Crippen LogP contribution in [0.4, 0.5) is 0 Å². The van der Waals surface area contributed by atoms with Crippen molar-refractivity contribution in [1.82, 2.24) is 0 Å². The van der Waals surface area contributed by atoms with Gasteiger partial charge in [-0.2, -0.15) is 0 Å². The van der Waals surface area contributed by atoms with Crippen LogP contribution in [0.15, 0.2) is 54.6 Å². The molecule has 2 aromatic carbocycles. The first-order valence-electron chi connectivity index (χ1n) is 6.61. The summed E-state index contributed by atoms with van der Waals surface area (Å²) in [4.78, 5) is 0. The Morgan fingerprint density at radius 1 is 1.05 bits per heavy atom. The van der Waals surface area contributed by atoms with E-state index in [2.05, 4.69) is 37.3 Å². The Kier molecular flexibility index (Phi) is 3.26. The summed E-state index contributed by atoms with van der Waals surface area (Å²) in [6.07, 6.45) is 0. The number of hydrogen-bond acceptors (Lipinski definition) is 2. The Labute approximate surface area is 114 Å². The molecule has 0 amide bonds. The summed E-state index contributed by atoms with van der Waals surface area (Å²) in [6, 6.07) is 18.6. The standard InChI is InChI=1S/C17H18O2/c1-17(12-18-13-17)15-8-5-9-16(10-15)19-11-14-6-3-2-4-7-14/h2-10H,11-13H2,1H3. The Bertz CT molecular complexity index is 544. The summed E-state index contributed by atoms with van der Waals surface area (Å²) in [5.41, 5.74) is 2.64. The number of rotatable bonds is 4. The van der Waals surface area contributed by atoms with Crippen molar-refractivity contribution in [3.05, 3.63) is 65.7 Å². The first-order chi connectivity index (χ1) is 9.26. The minimum Gasteiger partial charge on any atom is -0.489 e. The molecule has 0 saturated carbocycles. The molecule has 1 fully saturated rings. The highest BCUT2D eigenvalue weighted by atomic mass is 16.5. The van der Waals surface area contributed by atoms with Crippen LogP contribution in [-0.2, 0) is 16.8 Å². The molecule has 3 rings (SSSR count). The number of benzene rings is 2. The molecule has 0 N–H and O–H groups in total. The molecule has 0 aliphatic carbocycles. The number of ether oxygens (including phenoxy) is 2. The van der Waals surface area contributed by atoms with Crippen LogP contribution in [0, 0.1) is 0 Å². The van der Waals surface area contributed by atoms with Gasteiger partial charge < -0.3 is 9.47 Å². The van der Waals surface area contributed by atoms with Crippen LogP contribution in [0.25, 0.3) is 0 Å². The molecule has 19 heavy (non-hydrogen) atoms. The van der Waals surface area contributed by atoms with E-state index in [-0.39, 0.29) is 5.41 Å². The molecule has 0 bridgehead atoms. The van der Waals surface area contributed by atoms with E-state index >= 15 is 0 Å². The lowest BCUT2D eigenvalue weighted by atomic mass is 9.81. The summed E-state index contributed by atoms with van der Waals surface area (Å²) in [5.74, 6) is 0.925. The van der Waals surface area contributed by atoms with Crippen molar-refractivity contribution >= 4 is 0 Å². The van der Waals surface area contributed by atoms with E-state index in [4.69, 9.17) is 9.47 Å². The normalized spacial score (nSPS) is 16.7. The maximum absolute atomic E-state index is 5.86. The van der Waals surface area contributed by atoms with Crippen molar-refractivity contribution in [2.24, 2.45) is 0 Å². The van der Waals surface area contributed by atoms with Crippen molar-refractivity contribution in [2.75, 3.05) is 13.2 Å². The fourth-order valence-corrected chi connectivity index (χ4v) is 2.28. The van der Waals surface area contributed by atoms with Crippen LogP contribution in [0.5, 0.6) is 5.75 Å². The van der Waals surface area contributed by atoms with Gasteiger partial charge in [-0.3, -0.25) is 0 Å². The highest BCUT2D eigenvalue weighted by molar-refractivity contribution is 5.35. The third-order valence-electron chi connectivity index (χ3n) is 3.62. The van der Waals surface area contributed by atoms with Crippen molar-refractivity contribution in [3.63, 3.8) is 0 Å². The van der Waals surface area contributed by atoms with E-state index in [0.717, 1.165) is 19.0 Å². The summed E-state index contributed by atoms with van der Waals surface area (Å²) in [6.45, 7) is 4.44. The van der Waals surface area contributed by atoms with E-state index in [1.807, 2.05) is 24.3 Å². The van der Waals surface area contributed by atoms with Crippen molar-refractivity contribution in [3.8, 4) is 5.75 Å². The van der Waals surface area contributed by atoms with E-state index in [9.17, 15) is 0 Å². The molecular weight excluding hydrogens is 236 g/mol. The molecule has 2 nitrogen and oxygen atoms in total. The van der Waals surface area contributed by atoms with Gasteiger partial charge in [0, 0.05) is 5.41 Å². The molecule has 2 heteroatoms. The highest BCUT2D eigenvalue weighted by Crippen LogP contribution is 2.33. The zero-order valence-corrected chi connectivity index (χ0v) is 11.1. The molecule has 1 aliphatic heterocycles. The second kappa shape index (κ2) is 5.06. The quantitative estimate of drug-likeness (QED) is 0.830. The van der Waals surface area contributed by atoms with Gasteiger partial charge in [0.1, 0.15) is 12.4 Å². The third-order valence-corrected chi connectivity index (χ3v) is 3.62. The van der Waals surface area contributed by atoms with Gasteiger partial charge in [0.15, 0.2) is 0 Å². The van der Waals surface area contributed by atoms with Gasteiger partial charge in [-0.15, -0.1) is 0 Å². The summed E-state index contributed by atoms with van der Waals surface area (Å²) in [7, 11) is 0. The first kappa shape index (κ1) is 12.2. The smallest absolute Gasteiger partial charge is 0.120 e. The molecule has 0 aromatic heterocycles. The second-order valence-corrected chi connectivity index (χ2v) is 5.36. The maximum atomic E-state index is 5.86. The van der Waals surface area contributed by atoms with Crippen molar-refractivity contribution in [2.45, 2.75) is 18.9 Å². The molecule has 0 radical (unpaired) electrons. The molecule has 2 aromatic rings. The Morgan fingerprint density at radius 2 is 1.84 bits per heavy atom. The zero-order chi connectivity index (χ0) is 13.1. The average Bonchev–Trinajstić information content (AvgIpc) is 2.44. The molecule has 0 atom stereocenters.